The highest BCUT2D eigenvalue weighted by Crippen LogP contribution is 2.43. The number of fused-ring (bicyclic) bond motifs is 1. The van der Waals surface area contributed by atoms with Gasteiger partial charge in [0, 0.05) is 24.2 Å². The molecule has 2 aromatic rings. The predicted octanol–water partition coefficient (Wildman–Crippen LogP) is 4.04. The molecule has 156 valence electrons. The van der Waals surface area contributed by atoms with Crippen LogP contribution < -0.4 is 4.31 Å². The Morgan fingerprint density at radius 1 is 1.07 bits per heavy atom. The van der Waals surface area contributed by atoms with Gasteiger partial charge >= 0.3 is 0 Å². The molecule has 2 heterocycles. The summed E-state index contributed by atoms with van der Waals surface area (Å²) in [5.74, 6) is 0.127. The zero-order chi connectivity index (χ0) is 21.3. The standard InChI is InChI=1S/C24H26N2O3S/c1-3-15-26-21-12-8-7-11-20(21)22(19-9-5-4-6-10-19)23(30(26,28)29)24(27)25-16-13-18(2)14-17-25/h3-12,18H,1,13-17H2,2H3. The maximum Gasteiger partial charge on any atom is 0.270 e. The molecule has 4 rings (SSSR count). The first-order valence-electron chi connectivity index (χ1n) is 10.3. The summed E-state index contributed by atoms with van der Waals surface area (Å²) in [6, 6.07) is 16.7. The summed E-state index contributed by atoms with van der Waals surface area (Å²) in [6.45, 7) is 7.14. The van der Waals surface area contributed by atoms with Crippen molar-refractivity contribution in [1.82, 2.24) is 4.90 Å². The van der Waals surface area contributed by atoms with E-state index in [0.29, 0.717) is 30.3 Å². The van der Waals surface area contributed by atoms with Gasteiger partial charge in [0.1, 0.15) is 0 Å². The number of hydrogen-bond acceptors (Lipinski definition) is 3. The second kappa shape index (κ2) is 8.11. The fourth-order valence-electron chi connectivity index (χ4n) is 4.17. The highest BCUT2D eigenvalue weighted by Gasteiger charge is 2.42. The van der Waals surface area contributed by atoms with Gasteiger partial charge in [-0.2, -0.15) is 0 Å². The van der Waals surface area contributed by atoms with E-state index in [1.54, 1.807) is 17.0 Å². The second-order valence-electron chi connectivity index (χ2n) is 7.89. The molecule has 1 amide bonds. The number of hydrogen-bond donors (Lipinski definition) is 0. The lowest BCUT2D eigenvalue weighted by Crippen LogP contribution is -2.45. The summed E-state index contributed by atoms with van der Waals surface area (Å²) in [4.78, 5) is 15.2. The Kier molecular flexibility index (Phi) is 5.52. The topological polar surface area (TPSA) is 57.7 Å². The molecule has 2 aliphatic heterocycles. The van der Waals surface area contributed by atoms with Crippen molar-refractivity contribution in [2.24, 2.45) is 5.92 Å². The number of likely N-dealkylation sites (tertiary alicyclic amines) is 1. The molecule has 0 spiro atoms. The van der Waals surface area contributed by atoms with Gasteiger partial charge in [0.2, 0.25) is 0 Å². The Hall–Kier alpha value is -2.86. The number of benzene rings is 2. The molecule has 0 aromatic heterocycles. The smallest absolute Gasteiger partial charge is 0.270 e. The minimum atomic E-state index is -4.05. The van der Waals surface area contributed by atoms with Crippen LogP contribution in [0.2, 0.25) is 0 Å². The maximum atomic E-state index is 13.8. The Labute approximate surface area is 178 Å². The molecular formula is C24H26N2O3S. The molecule has 6 heteroatoms. The molecule has 30 heavy (non-hydrogen) atoms. The number of carbonyl (C=O) groups excluding carboxylic acids is 1. The van der Waals surface area contributed by atoms with Gasteiger partial charge in [0.05, 0.1) is 12.2 Å². The molecule has 2 aromatic carbocycles. The van der Waals surface area contributed by atoms with E-state index in [-0.39, 0.29) is 11.4 Å². The zero-order valence-electron chi connectivity index (χ0n) is 17.1. The lowest BCUT2D eigenvalue weighted by atomic mass is 9.94. The number of amides is 1. The molecule has 1 fully saturated rings. The first-order chi connectivity index (χ1) is 14.4. The van der Waals surface area contributed by atoms with Gasteiger partial charge in [-0.05, 0) is 30.4 Å². The number of sulfonamides is 1. The van der Waals surface area contributed by atoms with Gasteiger partial charge in [0.15, 0.2) is 4.91 Å². The molecule has 5 nitrogen and oxygen atoms in total. The molecule has 0 saturated carbocycles. The summed E-state index contributed by atoms with van der Waals surface area (Å²) >= 11 is 0. The normalized spacial score (nSPS) is 18.8. The van der Waals surface area contributed by atoms with Crippen LogP contribution in [0, 0.1) is 5.92 Å². The third kappa shape index (κ3) is 3.45. The number of para-hydroxylation sites is 1. The van der Waals surface area contributed by atoms with Crippen LogP contribution in [-0.4, -0.2) is 38.9 Å². The van der Waals surface area contributed by atoms with Crippen LogP contribution in [-0.2, 0) is 14.8 Å². The lowest BCUT2D eigenvalue weighted by molar-refractivity contribution is -0.127. The van der Waals surface area contributed by atoms with Gasteiger partial charge in [-0.15, -0.1) is 6.58 Å². The summed E-state index contributed by atoms with van der Waals surface area (Å²) in [6.07, 6.45) is 3.31. The Morgan fingerprint density at radius 2 is 1.70 bits per heavy atom. The molecule has 0 unspecified atom stereocenters. The number of anilines is 1. The molecule has 0 aliphatic carbocycles. The quantitative estimate of drug-likeness (QED) is 0.699. The molecule has 2 aliphatic rings. The van der Waals surface area contributed by atoms with Gasteiger partial charge in [-0.1, -0.05) is 61.5 Å². The molecule has 0 radical (unpaired) electrons. The second-order valence-corrected chi connectivity index (χ2v) is 9.69. The van der Waals surface area contributed by atoms with E-state index in [4.69, 9.17) is 0 Å². The van der Waals surface area contributed by atoms with E-state index in [0.717, 1.165) is 24.0 Å². The first-order valence-corrected chi connectivity index (χ1v) is 11.7. The van der Waals surface area contributed by atoms with Gasteiger partial charge in [-0.3, -0.25) is 9.10 Å². The lowest BCUT2D eigenvalue weighted by Gasteiger charge is -2.36. The number of carbonyl (C=O) groups is 1. The van der Waals surface area contributed by atoms with Crippen molar-refractivity contribution >= 4 is 27.2 Å². The van der Waals surface area contributed by atoms with Crippen molar-refractivity contribution in [3.63, 3.8) is 0 Å². The van der Waals surface area contributed by atoms with Crippen LogP contribution in [0.15, 0.2) is 72.2 Å². The third-order valence-corrected chi connectivity index (χ3v) is 7.66. The maximum absolute atomic E-state index is 13.8. The monoisotopic (exact) mass is 422 g/mol. The van der Waals surface area contributed by atoms with Crippen molar-refractivity contribution in [3.8, 4) is 0 Å². The van der Waals surface area contributed by atoms with E-state index in [1.807, 2.05) is 48.5 Å². The summed E-state index contributed by atoms with van der Waals surface area (Å²) in [7, 11) is -4.05. The van der Waals surface area contributed by atoms with Gasteiger partial charge in [0.25, 0.3) is 15.9 Å². The van der Waals surface area contributed by atoms with Crippen LogP contribution in [0.5, 0.6) is 0 Å². The summed E-state index contributed by atoms with van der Waals surface area (Å²) in [5.41, 5.74) is 2.52. The van der Waals surface area contributed by atoms with E-state index in [1.165, 1.54) is 4.31 Å². The molecule has 1 saturated heterocycles. The van der Waals surface area contributed by atoms with Gasteiger partial charge in [-0.25, -0.2) is 8.42 Å². The van der Waals surface area contributed by atoms with Crippen LogP contribution in [0.25, 0.3) is 5.57 Å². The Balaban J connectivity index is 1.98. The number of piperidine rings is 1. The van der Waals surface area contributed by atoms with E-state index >= 15 is 0 Å². The van der Waals surface area contributed by atoms with Crippen molar-refractivity contribution in [2.45, 2.75) is 19.8 Å². The summed E-state index contributed by atoms with van der Waals surface area (Å²) < 4.78 is 28.8. The molecule has 0 N–H and O–H groups in total. The van der Waals surface area contributed by atoms with E-state index in [2.05, 4.69) is 13.5 Å². The number of nitrogens with zero attached hydrogens (tertiary/aromatic N) is 2. The van der Waals surface area contributed by atoms with Crippen molar-refractivity contribution in [1.29, 1.82) is 0 Å². The third-order valence-electron chi connectivity index (χ3n) is 5.84. The average Bonchev–Trinajstić information content (AvgIpc) is 2.76. The molecular weight excluding hydrogens is 396 g/mol. The predicted molar refractivity (Wildman–Crippen MR) is 120 cm³/mol. The highest BCUT2D eigenvalue weighted by molar-refractivity contribution is 7.97. The molecule has 0 atom stereocenters. The summed E-state index contributed by atoms with van der Waals surface area (Å²) in [5, 5.41) is 0. The van der Waals surface area contributed by atoms with Crippen LogP contribution in [0.1, 0.15) is 30.9 Å². The van der Waals surface area contributed by atoms with Gasteiger partial charge < -0.3 is 4.90 Å². The van der Waals surface area contributed by atoms with E-state index in [9.17, 15) is 13.2 Å². The largest absolute Gasteiger partial charge is 0.338 e. The van der Waals surface area contributed by atoms with Crippen LogP contribution >= 0.6 is 0 Å². The minimum Gasteiger partial charge on any atom is -0.338 e. The zero-order valence-corrected chi connectivity index (χ0v) is 17.9. The van der Waals surface area contributed by atoms with Crippen molar-refractivity contribution in [3.05, 3.63) is 83.3 Å². The molecule has 0 bridgehead atoms. The van der Waals surface area contributed by atoms with Crippen molar-refractivity contribution < 1.29 is 13.2 Å². The Bertz CT molecular complexity index is 1100. The Morgan fingerprint density at radius 3 is 2.37 bits per heavy atom. The van der Waals surface area contributed by atoms with Crippen LogP contribution in [0.4, 0.5) is 5.69 Å². The highest BCUT2D eigenvalue weighted by atomic mass is 32.2. The number of rotatable bonds is 4. The van der Waals surface area contributed by atoms with E-state index < -0.39 is 15.9 Å². The first kappa shape index (κ1) is 20.4. The SMILES string of the molecule is C=CCN1c2ccccc2C(c2ccccc2)=C(C(=O)N2CCC(C)CC2)S1(=O)=O. The average molecular weight is 423 g/mol. The fourth-order valence-corrected chi connectivity index (χ4v) is 5.95. The van der Waals surface area contributed by atoms with Crippen LogP contribution in [0.3, 0.4) is 0 Å². The minimum absolute atomic E-state index is 0.106. The fraction of sp³-hybridized carbons (Fsp3) is 0.292. The van der Waals surface area contributed by atoms with Crippen molar-refractivity contribution in [2.75, 3.05) is 23.9 Å².